The number of hydrogen-bond acceptors (Lipinski definition) is 7. The third kappa shape index (κ3) is 7.27. The lowest BCUT2D eigenvalue weighted by Crippen LogP contribution is -2.43. The van der Waals surface area contributed by atoms with Crippen molar-refractivity contribution >= 4 is 29.2 Å². The molecule has 0 saturated heterocycles. The third-order valence-corrected chi connectivity index (χ3v) is 3.48. The fourth-order valence-corrected chi connectivity index (χ4v) is 2.06. The van der Waals surface area contributed by atoms with Crippen LogP contribution in [0.1, 0.15) is 6.92 Å². The zero-order valence-electron chi connectivity index (χ0n) is 14.9. The number of nitrogens with zero attached hydrogens (tertiary/aromatic N) is 2. The standard InChI is InChI=1S/C19H23N5O3/c1-14(25)20-13-18(26)19(27)17(24-23-16-10-6-3-7-11-16)12-21-22-15-8-4-2-5-9-15/h2-12,18-19,22-23,26-27H,13H2,1H3,(H,20,25). The van der Waals surface area contributed by atoms with Crippen LogP contribution in [-0.2, 0) is 4.79 Å². The van der Waals surface area contributed by atoms with Crippen LogP contribution in [0.4, 0.5) is 11.4 Å². The zero-order chi connectivity index (χ0) is 19.5. The van der Waals surface area contributed by atoms with Gasteiger partial charge in [-0.3, -0.25) is 15.6 Å². The number of carbonyl (C=O) groups is 1. The lowest BCUT2D eigenvalue weighted by atomic mass is 10.1. The number of aliphatic hydroxyl groups is 2. The van der Waals surface area contributed by atoms with Gasteiger partial charge in [0.2, 0.25) is 5.91 Å². The van der Waals surface area contributed by atoms with Gasteiger partial charge in [-0.05, 0) is 24.3 Å². The molecule has 0 heterocycles. The molecule has 8 nitrogen and oxygen atoms in total. The quantitative estimate of drug-likeness (QED) is 0.338. The van der Waals surface area contributed by atoms with Gasteiger partial charge in [0.1, 0.15) is 17.9 Å². The van der Waals surface area contributed by atoms with Crippen LogP contribution in [0.25, 0.3) is 0 Å². The molecule has 1 amide bonds. The first-order chi connectivity index (χ1) is 13.1. The predicted molar refractivity (Wildman–Crippen MR) is 107 cm³/mol. The van der Waals surface area contributed by atoms with Gasteiger partial charge in [0.05, 0.1) is 17.6 Å². The molecule has 2 rings (SSSR count). The fourth-order valence-electron chi connectivity index (χ4n) is 2.06. The average molecular weight is 369 g/mol. The molecule has 2 unspecified atom stereocenters. The van der Waals surface area contributed by atoms with Crippen LogP contribution in [0.15, 0.2) is 70.9 Å². The molecule has 0 bridgehead atoms. The lowest BCUT2D eigenvalue weighted by Gasteiger charge is -2.18. The van der Waals surface area contributed by atoms with E-state index in [9.17, 15) is 15.0 Å². The third-order valence-electron chi connectivity index (χ3n) is 3.48. The first kappa shape index (κ1) is 20.1. The Kier molecular flexibility index (Phi) is 7.95. The second-order valence-electron chi connectivity index (χ2n) is 5.70. The maximum absolute atomic E-state index is 11.0. The highest BCUT2D eigenvalue weighted by Gasteiger charge is 2.21. The van der Waals surface area contributed by atoms with Crippen molar-refractivity contribution in [3.8, 4) is 0 Å². The summed E-state index contributed by atoms with van der Waals surface area (Å²) >= 11 is 0. The molecule has 0 aromatic heterocycles. The Morgan fingerprint density at radius 3 is 2.11 bits per heavy atom. The van der Waals surface area contributed by atoms with Gasteiger partial charge < -0.3 is 15.5 Å². The van der Waals surface area contributed by atoms with Crippen molar-refractivity contribution in [2.24, 2.45) is 10.2 Å². The molecule has 5 N–H and O–H groups in total. The highest BCUT2D eigenvalue weighted by molar-refractivity contribution is 6.33. The van der Waals surface area contributed by atoms with Crippen molar-refractivity contribution in [1.82, 2.24) is 5.32 Å². The Balaban J connectivity index is 2.10. The lowest BCUT2D eigenvalue weighted by molar-refractivity contribution is -0.119. The van der Waals surface area contributed by atoms with E-state index in [0.29, 0.717) is 5.69 Å². The molecule has 0 spiro atoms. The Morgan fingerprint density at radius 1 is 1.00 bits per heavy atom. The zero-order valence-corrected chi connectivity index (χ0v) is 14.9. The Labute approximate surface area is 157 Å². The first-order valence-electron chi connectivity index (χ1n) is 8.39. The molecule has 0 aliphatic rings. The summed E-state index contributed by atoms with van der Waals surface area (Å²) < 4.78 is 0. The van der Waals surface area contributed by atoms with E-state index in [-0.39, 0.29) is 18.2 Å². The van der Waals surface area contributed by atoms with Gasteiger partial charge in [-0.1, -0.05) is 36.4 Å². The number of aliphatic hydroxyl groups excluding tert-OH is 2. The van der Waals surface area contributed by atoms with E-state index in [1.807, 2.05) is 48.5 Å². The van der Waals surface area contributed by atoms with Crippen LogP contribution in [-0.4, -0.2) is 46.8 Å². The van der Waals surface area contributed by atoms with E-state index in [1.165, 1.54) is 13.1 Å². The van der Waals surface area contributed by atoms with Gasteiger partial charge in [0.25, 0.3) is 0 Å². The molecule has 2 atom stereocenters. The molecule has 0 aliphatic carbocycles. The summed E-state index contributed by atoms with van der Waals surface area (Å²) in [5.74, 6) is -0.304. The molecule has 8 heteroatoms. The second-order valence-corrected chi connectivity index (χ2v) is 5.70. The smallest absolute Gasteiger partial charge is 0.216 e. The van der Waals surface area contributed by atoms with Gasteiger partial charge >= 0.3 is 0 Å². The van der Waals surface area contributed by atoms with Crippen LogP contribution in [0.5, 0.6) is 0 Å². The summed E-state index contributed by atoms with van der Waals surface area (Å²) in [5, 5.41) is 31.1. The number of anilines is 2. The summed E-state index contributed by atoms with van der Waals surface area (Å²) in [6.45, 7) is 1.22. The number of hydrazone groups is 2. The number of rotatable bonds is 9. The van der Waals surface area contributed by atoms with Crippen LogP contribution in [0, 0.1) is 0 Å². The van der Waals surface area contributed by atoms with Crippen molar-refractivity contribution in [2.75, 3.05) is 17.4 Å². The normalized spacial score (nSPS) is 13.8. The minimum atomic E-state index is -1.35. The van der Waals surface area contributed by atoms with E-state index >= 15 is 0 Å². The van der Waals surface area contributed by atoms with Gasteiger partial charge in [-0.15, -0.1) is 0 Å². The van der Waals surface area contributed by atoms with Crippen molar-refractivity contribution in [1.29, 1.82) is 0 Å². The summed E-state index contributed by atoms with van der Waals surface area (Å²) in [7, 11) is 0. The van der Waals surface area contributed by atoms with Crippen LogP contribution in [0.3, 0.4) is 0 Å². The molecule has 0 radical (unpaired) electrons. The summed E-state index contributed by atoms with van der Waals surface area (Å²) in [6, 6.07) is 18.4. The molecule has 142 valence electrons. The topological polar surface area (TPSA) is 118 Å². The van der Waals surface area contributed by atoms with E-state index < -0.39 is 12.2 Å². The Morgan fingerprint density at radius 2 is 1.56 bits per heavy atom. The molecular formula is C19H23N5O3. The molecule has 0 aliphatic heterocycles. The molecule has 0 saturated carbocycles. The second kappa shape index (κ2) is 10.7. The summed E-state index contributed by atoms with van der Waals surface area (Å²) in [4.78, 5) is 11.0. The number of amides is 1. The minimum Gasteiger partial charge on any atom is -0.388 e. The highest BCUT2D eigenvalue weighted by atomic mass is 16.3. The van der Waals surface area contributed by atoms with Crippen LogP contribution >= 0.6 is 0 Å². The number of hydrogen-bond donors (Lipinski definition) is 5. The van der Waals surface area contributed by atoms with Crippen molar-refractivity contribution in [3.63, 3.8) is 0 Å². The monoisotopic (exact) mass is 369 g/mol. The number of carbonyl (C=O) groups excluding carboxylic acids is 1. The van der Waals surface area contributed by atoms with Crippen LogP contribution in [0.2, 0.25) is 0 Å². The van der Waals surface area contributed by atoms with Crippen molar-refractivity contribution in [3.05, 3.63) is 60.7 Å². The van der Waals surface area contributed by atoms with Crippen molar-refractivity contribution < 1.29 is 15.0 Å². The molecule has 27 heavy (non-hydrogen) atoms. The van der Waals surface area contributed by atoms with E-state index in [2.05, 4.69) is 26.4 Å². The van der Waals surface area contributed by atoms with Crippen LogP contribution < -0.4 is 16.2 Å². The number of para-hydroxylation sites is 2. The van der Waals surface area contributed by atoms with E-state index in [0.717, 1.165) is 5.69 Å². The maximum Gasteiger partial charge on any atom is 0.216 e. The average Bonchev–Trinajstić information content (AvgIpc) is 2.69. The molecule has 0 fully saturated rings. The SMILES string of the molecule is CC(=O)NCC(O)C(O)C(C=NNc1ccccc1)=NNc1ccccc1. The highest BCUT2D eigenvalue weighted by Crippen LogP contribution is 2.07. The summed E-state index contributed by atoms with van der Waals surface area (Å²) in [5.41, 5.74) is 7.19. The molecule has 2 aromatic rings. The van der Waals surface area contributed by atoms with E-state index in [1.54, 1.807) is 12.1 Å². The van der Waals surface area contributed by atoms with E-state index in [4.69, 9.17) is 0 Å². The van der Waals surface area contributed by atoms with Gasteiger partial charge in [-0.2, -0.15) is 10.2 Å². The van der Waals surface area contributed by atoms with Gasteiger partial charge in [0, 0.05) is 13.5 Å². The first-order valence-corrected chi connectivity index (χ1v) is 8.39. The number of benzene rings is 2. The molecular weight excluding hydrogens is 346 g/mol. The predicted octanol–water partition coefficient (Wildman–Crippen LogP) is 1.41. The maximum atomic E-state index is 11.0. The van der Waals surface area contributed by atoms with Gasteiger partial charge in [-0.25, -0.2) is 0 Å². The largest absolute Gasteiger partial charge is 0.388 e. The van der Waals surface area contributed by atoms with Gasteiger partial charge in [0.15, 0.2) is 0 Å². The Bertz CT molecular complexity index is 765. The fraction of sp³-hybridized carbons (Fsp3) is 0.211. The number of nitrogens with one attached hydrogen (secondary N) is 3. The Hall–Kier alpha value is -3.23. The molecule has 2 aromatic carbocycles. The minimum absolute atomic E-state index is 0.0973. The van der Waals surface area contributed by atoms with Crippen molar-refractivity contribution in [2.45, 2.75) is 19.1 Å². The summed E-state index contributed by atoms with van der Waals surface area (Å²) in [6.07, 6.45) is -1.28.